The van der Waals surface area contributed by atoms with Gasteiger partial charge in [0.05, 0.1) is 4.90 Å². The molecule has 0 saturated heterocycles. The van der Waals surface area contributed by atoms with E-state index in [4.69, 9.17) is 0 Å². The Morgan fingerprint density at radius 2 is 1.88 bits per heavy atom. The van der Waals surface area contributed by atoms with Crippen molar-refractivity contribution in [2.75, 3.05) is 6.54 Å². The number of sulfonamides is 1. The van der Waals surface area contributed by atoms with E-state index < -0.39 is 15.6 Å². The van der Waals surface area contributed by atoms with Crippen LogP contribution in [0.4, 0.5) is 0 Å². The third-order valence-electron chi connectivity index (χ3n) is 4.11. The van der Waals surface area contributed by atoms with Gasteiger partial charge in [0.2, 0.25) is 10.0 Å². The lowest BCUT2D eigenvalue weighted by molar-refractivity contribution is 0.0666. The molecular formula is C19H19NO4S2. The minimum Gasteiger partial charge on any atom is -0.383 e. The third kappa shape index (κ3) is 3.86. The van der Waals surface area contributed by atoms with Gasteiger partial charge in [0.15, 0.2) is 5.78 Å². The van der Waals surface area contributed by atoms with Crippen LogP contribution in [0.5, 0.6) is 0 Å². The zero-order valence-corrected chi connectivity index (χ0v) is 16.0. The number of nitrogens with one attached hydrogen (secondary N) is 1. The number of ketones is 1. The summed E-state index contributed by atoms with van der Waals surface area (Å²) in [5.41, 5.74) is -1.03. The highest BCUT2D eigenvalue weighted by molar-refractivity contribution is 7.89. The van der Waals surface area contributed by atoms with Crippen molar-refractivity contribution in [1.29, 1.82) is 0 Å². The van der Waals surface area contributed by atoms with E-state index in [1.54, 1.807) is 13.0 Å². The molecule has 0 spiro atoms. The Bertz CT molecular complexity index is 1030. The van der Waals surface area contributed by atoms with Crippen LogP contribution in [0.1, 0.15) is 29.1 Å². The molecule has 3 aromatic rings. The average molecular weight is 389 g/mol. The Morgan fingerprint density at radius 1 is 1.15 bits per heavy atom. The molecule has 2 aromatic carbocycles. The van der Waals surface area contributed by atoms with Crippen LogP contribution in [-0.4, -0.2) is 25.9 Å². The van der Waals surface area contributed by atoms with Gasteiger partial charge in [-0.25, -0.2) is 13.1 Å². The lowest BCUT2D eigenvalue weighted by Crippen LogP contribution is -2.38. The Morgan fingerprint density at radius 3 is 2.58 bits per heavy atom. The number of thiophene rings is 1. The molecule has 0 saturated carbocycles. The summed E-state index contributed by atoms with van der Waals surface area (Å²) in [6.45, 7) is 2.78. The SMILES string of the molecule is CC(=O)c1cccc(S(=O)(=O)NCC(C)(O)c2cc3ccccc3s2)c1. The van der Waals surface area contributed by atoms with Gasteiger partial charge in [-0.05, 0) is 43.5 Å². The maximum atomic E-state index is 12.5. The molecular weight excluding hydrogens is 370 g/mol. The molecule has 0 radical (unpaired) electrons. The van der Waals surface area contributed by atoms with Gasteiger partial charge in [-0.1, -0.05) is 30.3 Å². The smallest absolute Gasteiger partial charge is 0.240 e. The van der Waals surface area contributed by atoms with Crippen molar-refractivity contribution in [3.63, 3.8) is 0 Å². The first-order chi connectivity index (χ1) is 12.2. The first kappa shape index (κ1) is 18.7. The molecule has 0 aliphatic carbocycles. The van der Waals surface area contributed by atoms with Crippen LogP contribution in [0.2, 0.25) is 0 Å². The van der Waals surface area contributed by atoms with Gasteiger partial charge >= 0.3 is 0 Å². The first-order valence-corrected chi connectivity index (χ1v) is 10.3. The second kappa shape index (κ2) is 6.92. The van der Waals surface area contributed by atoms with Crippen molar-refractivity contribution in [3.05, 3.63) is 65.0 Å². The molecule has 0 amide bonds. The topological polar surface area (TPSA) is 83.5 Å². The predicted molar refractivity (Wildman–Crippen MR) is 103 cm³/mol. The largest absolute Gasteiger partial charge is 0.383 e. The first-order valence-electron chi connectivity index (χ1n) is 8.01. The summed E-state index contributed by atoms with van der Waals surface area (Å²) in [4.78, 5) is 12.1. The summed E-state index contributed by atoms with van der Waals surface area (Å²) in [6, 6.07) is 15.4. The summed E-state index contributed by atoms with van der Waals surface area (Å²) >= 11 is 1.43. The van der Waals surface area contributed by atoms with Crippen molar-refractivity contribution >= 4 is 37.2 Å². The lowest BCUT2D eigenvalue weighted by Gasteiger charge is -2.22. The number of carbonyl (C=O) groups excluding carboxylic acids is 1. The number of hydrogen-bond donors (Lipinski definition) is 2. The van der Waals surface area contributed by atoms with Crippen molar-refractivity contribution < 1.29 is 18.3 Å². The Labute approximate surface area is 156 Å². The molecule has 26 heavy (non-hydrogen) atoms. The predicted octanol–water partition coefficient (Wildman–Crippen LogP) is 3.29. The van der Waals surface area contributed by atoms with Crippen molar-refractivity contribution in [3.8, 4) is 0 Å². The van der Waals surface area contributed by atoms with E-state index in [0.29, 0.717) is 10.4 Å². The molecule has 3 rings (SSSR count). The van der Waals surface area contributed by atoms with E-state index in [0.717, 1.165) is 10.1 Å². The van der Waals surface area contributed by atoms with Crippen LogP contribution < -0.4 is 4.72 Å². The maximum absolute atomic E-state index is 12.5. The molecule has 0 fully saturated rings. The Hall–Kier alpha value is -2.06. The van der Waals surface area contributed by atoms with E-state index in [-0.39, 0.29) is 17.2 Å². The molecule has 1 aromatic heterocycles. The molecule has 1 atom stereocenters. The molecule has 136 valence electrons. The Kier molecular flexibility index (Phi) is 4.98. The summed E-state index contributed by atoms with van der Waals surface area (Å²) in [7, 11) is -3.85. The van der Waals surface area contributed by atoms with Crippen molar-refractivity contribution in [1.82, 2.24) is 4.72 Å². The molecule has 1 unspecified atom stereocenters. The van der Waals surface area contributed by atoms with Gasteiger partial charge in [0.1, 0.15) is 5.60 Å². The fraction of sp³-hybridized carbons (Fsp3) is 0.211. The molecule has 0 aliphatic rings. The summed E-state index contributed by atoms with van der Waals surface area (Å²) in [5.74, 6) is -0.209. The number of aliphatic hydroxyl groups is 1. The van der Waals surface area contributed by atoms with Gasteiger partial charge in [0.25, 0.3) is 0 Å². The number of Topliss-reactive ketones (excluding diaryl/α,β-unsaturated/α-hetero) is 1. The number of rotatable bonds is 6. The number of carbonyl (C=O) groups is 1. The quantitative estimate of drug-likeness (QED) is 0.634. The van der Waals surface area contributed by atoms with Crippen LogP contribution in [0.3, 0.4) is 0 Å². The summed E-state index contributed by atoms with van der Waals surface area (Å²) < 4.78 is 28.5. The van der Waals surface area contributed by atoms with Crippen LogP contribution in [0, 0.1) is 0 Å². The minimum atomic E-state index is -3.85. The van der Waals surface area contributed by atoms with E-state index in [1.807, 2.05) is 30.3 Å². The van der Waals surface area contributed by atoms with Crippen molar-refractivity contribution in [2.45, 2.75) is 24.3 Å². The fourth-order valence-electron chi connectivity index (χ4n) is 2.54. The summed E-state index contributed by atoms with van der Waals surface area (Å²) in [6.07, 6.45) is 0. The molecule has 7 heteroatoms. The van der Waals surface area contributed by atoms with Gasteiger partial charge in [0, 0.05) is 21.7 Å². The molecule has 5 nitrogen and oxygen atoms in total. The highest BCUT2D eigenvalue weighted by Crippen LogP contribution is 2.33. The van der Waals surface area contributed by atoms with Crippen molar-refractivity contribution in [2.24, 2.45) is 0 Å². The third-order valence-corrected chi connectivity index (χ3v) is 6.88. The maximum Gasteiger partial charge on any atom is 0.240 e. The van der Waals surface area contributed by atoms with E-state index in [1.165, 1.54) is 36.5 Å². The number of benzene rings is 2. The number of fused-ring (bicyclic) bond motifs is 1. The highest BCUT2D eigenvalue weighted by atomic mass is 32.2. The molecule has 2 N–H and O–H groups in total. The zero-order chi connectivity index (χ0) is 18.9. The number of hydrogen-bond acceptors (Lipinski definition) is 5. The average Bonchev–Trinajstić information content (AvgIpc) is 3.05. The monoisotopic (exact) mass is 389 g/mol. The summed E-state index contributed by atoms with van der Waals surface area (Å²) in [5, 5.41) is 11.8. The van der Waals surface area contributed by atoms with E-state index in [2.05, 4.69) is 4.72 Å². The second-order valence-electron chi connectivity index (χ2n) is 6.33. The molecule has 0 aliphatic heterocycles. The van der Waals surface area contributed by atoms with Gasteiger partial charge in [-0.15, -0.1) is 11.3 Å². The van der Waals surface area contributed by atoms with Gasteiger partial charge in [-0.3, -0.25) is 4.79 Å². The van der Waals surface area contributed by atoms with Gasteiger partial charge in [-0.2, -0.15) is 0 Å². The Balaban J connectivity index is 1.82. The minimum absolute atomic E-state index is 0.00246. The van der Waals surface area contributed by atoms with Crippen LogP contribution in [0.25, 0.3) is 10.1 Å². The van der Waals surface area contributed by atoms with E-state index >= 15 is 0 Å². The van der Waals surface area contributed by atoms with Crippen LogP contribution in [-0.2, 0) is 15.6 Å². The van der Waals surface area contributed by atoms with E-state index in [9.17, 15) is 18.3 Å². The standard InChI is InChI=1S/C19H19NO4S2/c1-13(21)14-7-5-8-16(10-14)26(23,24)20-12-19(2,22)18-11-15-6-3-4-9-17(15)25-18/h3-11,20,22H,12H2,1-2H3. The fourth-order valence-corrected chi connectivity index (χ4v) is 4.82. The zero-order valence-electron chi connectivity index (χ0n) is 14.4. The molecule has 0 bridgehead atoms. The van der Waals surface area contributed by atoms with Crippen LogP contribution >= 0.6 is 11.3 Å². The lowest BCUT2D eigenvalue weighted by atomic mass is 10.1. The molecule has 1 heterocycles. The normalized spacial score (nSPS) is 14.3. The van der Waals surface area contributed by atoms with Crippen LogP contribution in [0.15, 0.2) is 59.5 Å². The van der Waals surface area contributed by atoms with Gasteiger partial charge < -0.3 is 5.11 Å². The highest BCUT2D eigenvalue weighted by Gasteiger charge is 2.28. The second-order valence-corrected chi connectivity index (χ2v) is 9.18.